The lowest BCUT2D eigenvalue weighted by atomic mass is 9.82. The van der Waals surface area contributed by atoms with E-state index in [-0.39, 0.29) is 5.91 Å². The molecule has 1 fully saturated rings. The molecule has 0 atom stereocenters. The van der Waals surface area contributed by atoms with Gasteiger partial charge >= 0.3 is 0 Å². The third kappa shape index (κ3) is 1.75. The van der Waals surface area contributed by atoms with Crippen molar-refractivity contribution in [3.8, 4) is 6.07 Å². The molecule has 0 unspecified atom stereocenters. The molecule has 1 saturated carbocycles. The van der Waals surface area contributed by atoms with Crippen molar-refractivity contribution in [2.75, 3.05) is 7.05 Å². The van der Waals surface area contributed by atoms with E-state index in [0.717, 1.165) is 12.8 Å². The summed E-state index contributed by atoms with van der Waals surface area (Å²) < 4.78 is 0. The Bertz CT molecular complexity index is 259. The summed E-state index contributed by atoms with van der Waals surface area (Å²) in [5, 5.41) is 9.10. The van der Waals surface area contributed by atoms with Crippen LogP contribution in [-0.4, -0.2) is 23.9 Å². The van der Waals surface area contributed by atoms with Gasteiger partial charge in [0, 0.05) is 13.1 Å². The van der Waals surface area contributed by atoms with Gasteiger partial charge in [0.15, 0.2) is 0 Å². The Hall–Kier alpha value is -1.04. The van der Waals surface area contributed by atoms with Gasteiger partial charge in [-0.05, 0) is 25.7 Å². The summed E-state index contributed by atoms with van der Waals surface area (Å²) in [5.74, 6) is 0.00694. The third-order valence-electron chi connectivity index (χ3n) is 3.25. The van der Waals surface area contributed by atoms with E-state index in [0.29, 0.717) is 18.9 Å². The molecular formula is C11H18N2O. The predicted octanol–water partition coefficient (Wildman–Crippen LogP) is 1.94. The molecule has 3 heteroatoms. The minimum absolute atomic E-state index is 0.00694. The van der Waals surface area contributed by atoms with E-state index in [1.807, 2.05) is 20.9 Å². The van der Waals surface area contributed by atoms with Crippen molar-refractivity contribution in [1.82, 2.24) is 4.90 Å². The summed E-state index contributed by atoms with van der Waals surface area (Å²) in [4.78, 5) is 13.8. The number of carbonyl (C=O) groups excluding carboxylic acids is 1. The Kier molecular flexibility index (Phi) is 3.15. The van der Waals surface area contributed by atoms with E-state index < -0.39 is 5.41 Å². The lowest BCUT2D eigenvalue weighted by Gasteiger charge is -2.28. The highest BCUT2D eigenvalue weighted by molar-refractivity contribution is 5.85. The van der Waals surface area contributed by atoms with E-state index in [4.69, 9.17) is 5.26 Å². The molecule has 1 amide bonds. The highest BCUT2D eigenvalue weighted by atomic mass is 16.2. The number of amides is 1. The monoisotopic (exact) mass is 194 g/mol. The average molecular weight is 194 g/mol. The van der Waals surface area contributed by atoms with Crippen LogP contribution in [0.25, 0.3) is 0 Å². The van der Waals surface area contributed by atoms with Crippen molar-refractivity contribution < 1.29 is 4.79 Å². The summed E-state index contributed by atoms with van der Waals surface area (Å²) >= 11 is 0. The van der Waals surface area contributed by atoms with Crippen LogP contribution in [0.15, 0.2) is 0 Å². The van der Waals surface area contributed by atoms with Crippen LogP contribution in [0.3, 0.4) is 0 Å². The normalized spacial score (nSPS) is 16.1. The zero-order valence-corrected chi connectivity index (χ0v) is 9.21. The molecule has 0 radical (unpaired) electrons. The Balaban J connectivity index is 2.77. The fraction of sp³-hybridized carbons (Fsp3) is 0.818. The Morgan fingerprint density at radius 2 is 2.00 bits per heavy atom. The maximum Gasteiger partial charge on any atom is 0.243 e. The van der Waals surface area contributed by atoms with Crippen molar-refractivity contribution in [3.05, 3.63) is 0 Å². The van der Waals surface area contributed by atoms with Crippen molar-refractivity contribution in [2.45, 2.75) is 45.6 Å². The van der Waals surface area contributed by atoms with Crippen LogP contribution in [0.1, 0.15) is 39.5 Å². The van der Waals surface area contributed by atoms with Gasteiger partial charge in [-0.2, -0.15) is 5.26 Å². The van der Waals surface area contributed by atoms with Crippen LogP contribution >= 0.6 is 0 Å². The zero-order chi connectivity index (χ0) is 10.8. The first-order valence-electron chi connectivity index (χ1n) is 5.29. The van der Waals surface area contributed by atoms with E-state index in [1.165, 1.54) is 0 Å². The molecule has 14 heavy (non-hydrogen) atoms. The van der Waals surface area contributed by atoms with Gasteiger partial charge in [-0.3, -0.25) is 4.79 Å². The van der Waals surface area contributed by atoms with Gasteiger partial charge in [0.25, 0.3) is 0 Å². The van der Waals surface area contributed by atoms with Gasteiger partial charge in [0.05, 0.1) is 6.07 Å². The number of hydrogen-bond acceptors (Lipinski definition) is 2. The van der Waals surface area contributed by atoms with Gasteiger partial charge in [0.1, 0.15) is 5.41 Å². The third-order valence-corrected chi connectivity index (χ3v) is 3.25. The molecule has 0 aliphatic heterocycles. The van der Waals surface area contributed by atoms with Gasteiger partial charge in [-0.15, -0.1) is 0 Å². The van der Waals surface area contributed by atoms with Crippen LogP contribution in [0.2, 0.25) is 0 Å². The number of nitriles is 1. The molecule has 0 heterocycles. The minimum atomic E-state index is -0.780. The van der Waals surface area contributed by atoms with Crippen LogP contribution in [0, 0.1) is 16.7 Å². The highest BCUT2D eigenvalue weighted by Crippen LogP contribution is 2.33. The lowest BCUT2D eigenvalue weighted by molar-refractivity contribution is -0.138. The molecule has 0 aromatic heterocycles. The molecule has 78 valence electrons. The van der Waals surface area contributed by atoms with Crippen LogP contribution in [0.4, 0.5) is 0 Å². The molecule has 1 rings (SSSR count). The number of nitrogens with zero attached hydrogens (tertiary/aromatic N) is 2. The van der Waals surface area contributed by atoms with Crippen molar-refractivity contribution in [1.29, 1.82) is 5.26 Å². The summed E-state index contributed by atoms with van der Waals surface area (Å²) in [6, 6.07) is 2.58. The van der Waals surface area contributed by atoms with Crippen LogP contribution < -0.4 is 0 Å². The standard InChI is InChI=1S/C11H18N2O/c1-4-11(5-2,8-12)10(14)13(3)9-6-7-9/h9H,4-7H2,1-3H3. The molecule has 0 bridgehead atoms. The smallest absolute Gasteiger partial charge is 0.243 e. The van der Waals surface area contributed by atoms with E-state index in [1.54, 1.807) is 4.90 Å². The molecule has 0 N–H and O–H groups in total. The molecule has 3 nitrogen and oxygen atoms in total. The van der Waals surface area contributed by atoms with Gasteiger partial charge in [0.2, 0.25) is 5.91 Å². The number of rotatable bonds is 4. The van der Waals surface area contributed by atoms with Gasteiger partial charge in [-0.25, -0.2) is 0 Å². The summed E-state index contributed by atoms with van der Waals surface area (Å²) in [6.45, 7) is 3.82. The van der Waals surface area contributed by atoms with E-state index in [2.05, 4.69) is 6.07 Å². The van der Waals surface area contributed by atoms with Gasteiger partial charge in [-0.1, -0.05) is 13.8 Å². The SMILES string of the molecule is CCC(C#N)(CC)C(=O)N(C)C1CC1. The molecule has 1 aliphatic rings. The highest BCUT2D eigenvalue weighted by Gasteiger charge is 2.41. The van der Waals surface area contributed by atoms with Crippen molar-refractivity contribution in [3.63, 3.8) is 0 Å². The quantitative estimate of drug-likeness (QED) is 0.686. The van der Waals surface area contributed by atoms with E-state index in [9.17, 15) is 4.79 Å². The topological polar surface area (TPSA) is 44.1 Å². The van der Waals surface area contributed by atoms with Crippen LogP contribution in [-0.2, 0) is 4.79 Å². The molecular weight excluding hydrogens is 176 g/mol. The minimum Gasteiger partial charge on any atom is -0.341 e. The zero-order valence-electron chi connectivity index (χ0n) is 9.21. The maximum atomic E-state index is 12.0. The fourth-order valence-electron chi connectivity index (χ4n) is 1.72. The Labute approximate surface area is 85.7 Å². The summed E-state index contributed by atoms with van der Waals surface area (Å²) in [5.41, 5.74) is -0.780. The molecule has 0 spiro atoms. The van der Waals surface area contributed by atoms with Gasteiger partial charge < -0.3 is 4.90 Å². The average Bonchev–Trinajstić information content (AvgIpc) is 3.03. The summed E-state index contributed by atoms with van der Waals surface area (Å²) in [6.07, 6.45) is 3.40. The summed E-state index contributed by atoms with van der Waals surface area (Å²) in [7, 11) is 1.82. The fourth-order valence-corrected chi connectivity index (χ4v) is 1.72. The maximum absolute atomic E-state index is 12.0. The second kappa shape index (κ2) is 4.00. The van der Waals surface area contributed by atoms with E-state index >= 15 is 0 Å². The Morgan fingerprint density at radius 3 is 2.29 bits per heavy atom. The first-order valence-corrected chi connectivity index (χ1v) is 5.29. The lowest BCUT2D eigenvalue weighted by Crippen LogP contribution is -2.41. The predicted molar refractivity (Wildman–Crippen MR) is 54.4 cm³/mol. The molecule has 0 saturated heterocycles. The van der Waals surface area contributed by atoms with Crippen molar-refractivity contribution in [2.24, 2.45) is 5.41 Å². The second-order valence-corrected chi connectivity index (χ2v) is 4.05. The second-order valence-electron chi connectivity index (χ2n) is 4.05. The first kappa shape index (κ1) is 11.0. The molecule has 0 aromatic carbocycles. The largest absolute Gasteiger partial charge is 0.341 e. The van der Waals surface area contributed by atoms with Crippen LogP contribution in [0.5, 0.6) is 0 Å². The first-order chi connectivity index (χ1) is 6.61. The van der Waals surface area contributed by atoms with Crippen molar-refractivity contribution >= 4 is 5.91 Å². The molecule has 1 aliphatic carbocycles. The molecule has 0 aromatic rings. The number of hydrogen-bond donors (Lipinski definition) is 0. The Morgan fingerprint density at radius 1 is 1.50 bits per heavy atom. The number of carbonyl (C=O) groups is 1.